The zero-order valence-electron chi connectivity index (χ0n) is 11.9. The van der Waals surface area contributed by atoms with Crippen molar-refractivity contribution in [1.29, 1.82) is 0 Å². The first-order valence-corrected chi connectivity index (χ1v) is 6.30. The van der Waals surface area contributed by atoms with E-state index in [0.29, 0.717) is 11.4 Å². The van der Waals surface area contributed by atoms with Crippen LogP contribution in [0.25, 0.3) is 0 Å². The number of nitrogens with one attached hydrogen (secondary N) is 1. The van der Waals surface area contributed by atoms with Gasteiger partial charge < -0.3 is 10.1 Å². The second kappa shape index (κ2) is 6.52. The van der Waals surface area contributed by atoms with Crippen molar-refractivity contribution in [1.82, 2.24) is 0 Å². The van der Waals surface area contributed by atoms with Crippen molar-refractivity contribution in [3.8, 4) is 5.75 Å². The van der Waals surface area contributed by atoms with Crippen LogP contribution in [-0.4, -0.2) is 22.9 Å². The van der Waals surface area contributed by atoms with Crippen LogP contribution in [0.15, 0.2) is 42.5 Å². The zero-order chi connectivity index (χ0) is 17.0. The van der Waals surface area contributed by atoms with Crippen LogP contribution in [0.1, 0.15) is 10.4 Å². The Balaban J connectivity index is 2.34. The number of anilines is 1. The quantitative estimate of drug-likeness (QED) is 0.667. The molecule has 0 saturated heterocycles. The van der Waals surface area contributed by atoms with Crippen LogP contribution in [0.4, 0.5) is 17.1 Å². The van der Waals surface area contributed by atoms with E-state index in [9.17, 15) is 25.0 Å². The van der Waals surface area contributed by atoms with Gasteiger partial charge in [-0.25, -0.2) is 0 Å². The molecule has 2 aromatic carbocycles. The highest BCUT2D eigenvalue weighted by molar-refractivity contribution is 6.07. The largest absolute Gasteiger partial charge is 0.497 e. The van der Waals surface area contributed by atoms with Crippen molar-refractivity contribution >= 4 is 23.0 Å². The number of hydrogen-bond acceptors (Lipinski definition) is 6. The Hall–Kier alpha value is -3.49. The first-order valence-electron chi connectivity index (χ1n) is 6.30. The number of amides is 1. The summed E-state index contributed by atoms with van der Waals surface area (Å²) in [6.07, 6.45) is 0. The standard InChI is InChI=1S/C14H11N3O6/c1-23-11-4-2-3-9(7-11)15-14(18)12-6-5-10(16(19)20)8-13(12)17(21)22/h2-8H,1H3,(H,15,18). The molecule has 2 rings (SSSR count). The van der Waals surface area contributed by atoms with Gasteiger partial charge in [-0.15, -0.1) is 0 Å². The van der Waals surface area contributed by atoms with Crippen LogP contribution in [-0.2, 0) is 0 Å². The van der Waals surface area contributed by atoms with Crippen molar-refractivity contribution in [3.05, 3.63) is 68.3 Å². The molecule has 2 aromatic rings. The third kappa shape index (κ3) is 3.59. The summed E-state index contributed by atoms with van der Waals surface area (Å²) in [5.74, 6) is -0.249. The molecule has 1 amide bonds. The van der Waals surface area contributed by atoms with E-state index in [0.717, 1.165) is 18.2 Å². The maximum atomic E-state index is 12.2. The van der Waals surface area contributed by atoms with Gasteiger partial charge in [-0.1, -0.05) is 6.07 Å². The van der Waals surface area contributed by atoms with Gasteiger partial charge in [-0.2, -0.15) is 0 Å². The molecule has 118 valence electrons. The highest BCUT2D eigenvalue weighted by atomic mass is 16.6. The summed E-state index contributed by atoms with van der Waals surface area (Å²) in [6, 6.07) is 9.26. The first-order chi connectivity index (χ1) is 10.9. The Bertz CT molecular complexity index is 790. The van der Waals surface area contributed by atoms with Gasteiger partial charge in [0.1, 0.15) is 11.3 Å². The third-order valence-corrected chi connectivity index (χ3v) is 2.96. The molecule has 0 spiro atoms. The molecule has 0 aromatic heterocycles. The van der Waals surface area contributed by atoms with Crippen molar-refractivity contribution in [2.45, 2.75) is 0 Å². The topological polar surface area (TPSA) is 125 Å². The molecule has 0 fully saturated rings. The Kier molecular flexibility index (Phi) is 4.50. The van der Waals surface area contributed by atoms with Gasteiger partial charge >= 0.3 is 0 Å². The summed E-state index contributed by atoms with van der Waals surface area (Å²) in [4.78, 5) is 32.3. The van der Waals surface area contributed by atoms with E-state index in [2.05, 4.69) is 5.32 Å². The molecule has 9 nitrogen and oxygen atoms in total. The molecule has 23 heavy (non-hydrogen) atoms. The minimum atomic E-state index is -0.840. The number of nitrogens with zero attached hydrogens (tertiary/aromatic N) is 2. The van der Waals surface area contributed by atoms with Crippen molar-refractivity contribution in [2.75, 3.05) is 12.4 Å². The molecule has 0 saturated carbocycles. The maximum Gasteiger partial charge on any atom is 0.289 e. The molecule has 0 aliphatic carbocycles. The van der Waals surface area contributed by atoms with Gasteiger partial charge in [-0.05, 0) is 18.2 Å². The number of nitro groups is 2. The molecule has 0 bridgehead atoms. The van der Waals surface area contributed by atoms with Crippen LogP contribution in [0.2, 0.25) is 0 Å². The molecule has 0 atom stereocenters. The SMILES string of the molecule is COc1cccc(NC(=O)c2ccc([N+](=O)[O-])cc2[N+](=O)[O-])c1. The van der Waals surface area contributed by atoms with Crippen LogP contribution in [0, 0.1) is 20.2 Å². The highest BCUT2D eigenvalue weighted by Crippen LogP contribution is 2.26. The van der Waals surface area contributed by atoms with E-state index in [1.807, 2.05) is 0 Å². The maximum absolute atomic E-state index is 12.2. The van der Waals surface area contributed by atoms with E-state index in [1.54, 1.807) is 18.2 Å². The molecule has 9 heteroatoms. The number of carbonyl (C=O) groups is 1. The van der Waals surface area contributed by atoms with Gasteiger partial charge in [0.05, 0.1) is 23.0 Å². The van der Waals surface area contributed by atoms with E-state index in [-0.39, 0.29) is 5.56 Å². The van der Waals surface area contributed by atoms with E-state index in [4.69, 9.17) is 4.74 Å². The zero-order valence-corrected chi connectivity index (χ0v) is 11.9. The Morgan fingerprint density at radius 2 is 1.83 bits per heavy atom. The average molecular weight is 317 g/mol. The Morgan fingerprint density at radius 1 is 1.09 bits per heavy atom. The number of nitro benzene ring substituents is 2. The molecular formula is C14H11N3O6. The first kappa shape index (κ1) is 15.9. The lowest BCUT2D eigenvalue weighted by Gasteiger charge is -2.07. The third-order valence-electron chi connectivity index (χ3n) is 2.96. The van der Waals surface area contributed by atoms with E-state index >= 15 is 0 Å². The number of benzene rings is 2. The van der Waals surface area contributed by atoms with Gasteiger partial charge in [0.15, 0.2) is 0 Å². The molecule has 0 heterocycles. The van der Waals surface area contributed by atoms with Crippen LogP contribution in [0.5, 0.6) is 5.75 Å². The number of ether oxygens (including phenoxy) is 1. The number of rotatable bonds is 5. The number of carbonyl (C=O) groups excluding carboxylic acids is 1. The summed E-state index contributed by atoms with van der Waals surface area (Å²) >= 11 is 0. The van der Waals surface area contributed by atoms with Gasteiger partial charge in [0.25, 0.3) is 17.3 Å². The molecule has 0 unspecified atom stereocenters. The van der Waals surface area contributed by atoms with Crippen LogP contribution in [0.3, 0.4) is 0 Å². The van der Waals surface area contributed by atoms with Gasteiger partial charge in [0, 0.05) is 17.8 Å². The second-order valence-corrected chi connectivity index (χ2v) is 4.40. The average Bonchev–Trinajstić information content (AvgIpc) is 2.54. The van der Waals surface area contributed by atoms with Crippen LogP contribution >= 0.6 is 0 Å². The van der Waals surface area contributed by atoms with Gasteiger partial charge in [-0.3, -0.25) is 25.0 Å². The van der Waals surface area contributed by atoms with E-state index < -0.39 is 27.1 Å². The Morgan fingerprint density at radius 3 is 2.43 bits per heavy atom. The normalized spacial score (nSPS) is 9.96. The smallest absolute Gasteiger partial charge is 0.289 e. The summed E-state index contributed by atoms with van der Waals surface area (Å²) in [5.41, 5.74) is -1.00. The Labute approximate surface area is 129 Å². The summed E-state index contributed by atoms with van der Waals surface area (Å²) in [5, 5.41) is 24.2. The fourth-order valence-corrected chi connectivity index (χ4v) is 1.88. The van der Waals surface area contributed by atoms with Crippen molar-refractivity contribution in [3.63, 3.8) is 0 Å². The predicted molar refractivity (Wildman–Crippen MR) is 80.7 cm³/mol. The summed E-state index contributed by atoms with van der Waals surface area (Å²) in [6.45, 7) is 0. The van der Waals surface area contributed by atoms with Crippen LogP contribution < -0.4 is 10.1 Å². The molecule has 0 radical (unpaired) electrons. The number of hydrogen-bond donors (Lipinski definition) is 1. The summed E-state index contributed by atoms with van der Waals surface area (Å²) in [7, 11) is 1.46. The summed E-state index contributed by atoms with van der Waals surface area (Å²) < 4.78 is 5.01. The monoisotopic (exact) mass is 317 g/mol. The predicted octanol–water partition coefficient (Wildman–Crippen LogP) is 2.76. The fraction of sp³-hybridized carbons (Fsp3) is 0.0714. The number of methoxy groups -OCH3 is 1. The lowest BCUT2D eigenvalue weighted by Crippen LogP contribution is -2.14. The molecule has 1 N–H and O–H groups in total. The van der Waals surface area contributed by atoms with Crippen molar-refractivity contribution < 1.29 is 19.4 Å². The second-order valence-electron chi connectivity index (χ2n) is 4.40. The van der Waals surface area contributed by atoms with E-state index in [1.165, 1.54) is 13.2 Å². The highest BCUT2D eigenvalue weighted by Gasteiger charge is 2.24. The molecule has 0 aliphatic rings. The minimum absolute atomic E-state index is 0.275. The molecule has 0 aliphatic heterocycles. The fourth-order valence-electron chi connectivity index (χ4n) is 1.88. The molecular weight excluding hydrogens is 306 g/mol. The van der Waals surface area contributed by atoms with Crippen molar-refractivity contribution in [2.24, 2.45) is 0 Å². The lowest BCUT2D eigenvalue weighted by molar-refractivity contribution is -0.394. The number of non-ortho nitro benzene ring substituents is 1. The minimum Gasteiger partial charge on any atom is -0.497 e. The lowest BCUT2D eigenvalue weighted by atomic mass is 10.1. The van der Waals surface area contributed by atoms with Gasteiger partial charge in [0.2, 0.25) is 0 Å².